The van der Waals surface area contributed by atoms with Gasteiger partial charge in [0, 0.05) is 4.47 Å². The number of hydrogen-bond acceptors (Lipinski definition) is 5. The molecule has 1 aromatic carbocycles. The zero-order chi connectivity index (χ0) is 15.5. The third-order valence-corrected chi connectivity index (χ3v) is 4.33. The molecule has 0 saturated carbocycles. The van der Waals surface area contributed by atoms with E-state index in [0.717, 1.165) is 4.68 Å². The highest BCUT2D eigenvalue weighted by molar-refractivity contribution is 9.10. The van der Waals surface area contributed by atoms with Crippen molar-refractivity contribution >= 4 is 31.9 Å². The lowest BCUT2D eigenvalue weighted by molar-refractivity contribution is -0.137. The minimum Gasteiger partial charge on any atom is -0.480 e. The predicted molar refractivity (Wildman–Crippen MR) is 75.8 cm³/mol. The topological polar surface area (TPSA) is 114 Å². The number of carboxylic acids is 1. The SMILES string of the molecule is O=C(O)Cn1cc(CNS(=O)(=O)c2cccc(Br)c2)nn1. The Bertz CT molecular complexity index is 759. The molecule has 0 fully saturated rings. The molecule has 0 bridgehead atoms. The highest BCUT2D eigenvalue weighted by Crippen LogP contribution is 2.16. The fourth-order valence-corrected chi connectivity index (χ4v) is 3.12. The largest absolute Gasteiger partial charge is 0.480 e. The molecule has 0 amide bonds. The predicted octanol–water partition coefficient (Wildman–Crippen LogP) is 0.604. The number of benzene rings is 1. The molecule has 2 N–H and O–H groups in total. The molecule has 0 radical (unpaired) electrons. The second kappa shape index (κ2) is 6.33. The number of carbonyl (C=O) groups is 1. The Morgan fingerprint density at radius 1 is 1.43 bits per heavy atom. The lowest BCUT2D eigenvalue weighted by Gasteiger charge is -2.05. The first-order valence-corrected chi connectivity index (χ1v) is 8.00. The number of aliphatic carboxylic acids is 1. The van der Waals surface area contributed by atoms with Crippen molar-refractivity contribution in [2.24, 2.45) is 0 Å². The lowest BCUT2D eigenvalue weighted by atomic mass is 10.4. The van der Waals surface area contributed by atoms with Crippen molar-refractivity contribution in [3.63, 3.8) is 0 Å². The highest BCUT2D eigenvalue weighted by Gasteiger charge is 2.15. The fraction of sp³-hybridized carbons (Fsp3) is 0.182. The summed E-state index contributed by atoms with van der Waals surface area (Å²) >= 11 is 3.20. The van der Waals surface area contributed by atoms with Crippen LogP contribution < -0.4 is 4.72 Å². The van der Waals surface area contributed by atoms with Crippen molar-refractivity contribution in [2.45, 2.75) is 18.0 Å². The number of nitrogens with zero attached hydrogens (tertiary/aromatic N) is 3. The standard InChI is InChI=1S/C11H11BrN4O4S/c12-8-2-1-3-10(4-8)21(19,20)13-5-9-6-16(15-14-9)7-11(17)18/h1-4,6,13H,5,7H2,(H,17,18). The molecule has 2 rings (SSSR count). The van der Waals surface area contributed by atoms with Gasteiger partial charge in [0.25, 0.3) is 0 Å². The van der Waals surface area contributed by atoms with Gasteiger partial charge < -0.3 is 5.11 Å². The van der Waals surface area contributed by atoms with E-state index in [1.54, 1.807) is 12.1 Å². The number of aromatic nitrogens is 3. The van der Waals surface area contributed by atoms with Crippen molar-refractivity contribution in [3.8, 4) is 0 Å². The summed E-state index contributed by atoms with van der Waals surface area (Å²) in [4.78, 5) is 10.6. The van der Waals surface area contributed by atoms with E-state index in [1.165, 1.54) is 18.3 Å². The second-order valence-corrected chi connectivity index (χ2v) is 6.77. The molecule has 0 aliphatic heterocycles. The van der Waals surface area contributed by atoms with E-state index in [-0.39, 0.29) is 18.0 Å². The quantitative estimate of drug-likeness (QED) is 0.765. The minimum absolute atomic E-state index is 0.0749. The van der Waals surface area contributed by atoms with Gasteiger partial charge in [-0.3, -0.25) is 4.79 Å². The summed E-state index contributed by atoms with van der Waals surface area (Å²) < 4.78 is 28.3. The maximum Gasteiger partial charge on any atom is 0.325 e. The number of halogens is 1. The zero-order valence-corrected chi connectivity index (χ0v) is 13.0. The number of rotatable bonds is 6. The molecule has 0 atom stereocenters. The molecular formula is C11H11BrN4O4S. The molecule has 10 heteroatoms. The van der Waals surface area contributed by atoms with E-state index >= 15 is 0 Å². The molecule has 2 aromatic rings. The van der Waals surface area contributed by atoms with Crippen LogP contribution in [0.1, 0.15) is 5.69 Å². The van der Waals surface area contributed by atoms with Crippen LogP contribution in [-0.4, -0.2) is 34.5 Å². The summed E-state index contributed by atoms with van der Waals surface area (Å²) in [5.74, 6) is -1.05. The summed E-state index contributed by atoms with van der Waals surface area (Å²) in [5.41, 5.74) is 0.329. The summed E-state index contributed by atoms with van der Waals surface area (Å²) in [7, 11) is -3.67. The number of hydrogen-bond donors (Lipinski definition) is 2. The molecule has 8 nitrogen and oxygen atoms in total. The molecule has 1 aromatic heterocycles. The van der Waals surface area contributed by atoms with Gasteiger partial charge in [0.05, 0.1) is 23.3 Å². The Labute approximate surface area is 129 Å². The summed E-state index contributed by atoms with van der Waals surface area (Å²) in [6.07, 6.45) is 1.37. The summed E-state index contributed by atoms with van der Waals surface area (Å²) in [6, 6.07) is 6.27. The van der Waals surface area contributed by atoms with E-state index in [9.17, 15) is 13.2 Å². The van der Waals surface area contributed by atoms with Gasteiger partial charge in [-0.15, -0.1) is 5.10 Å². The van der Waals surface area contributed by atoms with Crippen molar-refractivity contribution in [3.05, 3.63) is 40.6 Å². The van der Waals surface area contributed by atoms with Crippen LogP contribution in [0.2, 0.25) is 0 Å². The average molecular weight is 375 g/mol. The Morgan fingerprint density at radius 3 is 2.86 bits per heavy atom. The van der Waals surface area contributed by atoms with Gasteiger partial charge in [0.1, 0.15) is 6.54 Å². The van der Waals surface area contributed by atoms with Crippen LogP contribution in [0.25, 0.3) is 0 Å². The maximum absolute atomic E-state index is 12.1. The third kappa shape index (κ3) is 4.34. The van der Waals surface area contributed by atoms with Gasteiger partial charge in [-0.05, 0) is 18.2 Å². The summed E-state index contributed by atoms with van der Waals surface area (Å²) in [6.45, 7) is -0.403. The van der Waals surface area contributed by atoms with Crippen molar-refractivity contribution in [2.75, 3.05) is 0 Å². The molecule has 0 unspecified atom stereocenters. The lowest BCUT2D eigenvalue weighted by Crippen LogP contribution is -2.23. The van der Waals surface area contributed by atoms with E-state index < -0.39 is 16.0 Å². The van der Waals surface area contributed by atoms with E-state index in [0.29, 0.717) is 10.2 Å². The first-order valence-electron chi connectivity index (χ1n) is 5.73. The van der Waals surface area contributed by atoms with Crippen molar-refractivity contribution in [1.82, 2.24) is 19.7 Å². The van der Waals surface area contributed by atoms with Crippen molar-refractivity contribution < 1.29 is 18.3 Å². The fourth-order valence-electron chi connectivity index (χ4n) is 1.52. The second-order valence-electron chi connectivity index (χ2n) is 4.08. The smallest absolute Gasteiger partial charge is 0.325 e. The number of nitrogens with one attached hydrogen (secondary N) is 1. The van der Waals surface area contributed by atoms with E-state index in [4.69, 9.17) is 5.11 Å². The molecule has 112 valence electrons. The van der Waals surface area contributed by atoms with Crippen LogP contribution >= 0.6 is 15.9 Å². The van der Waals surface area contributed by atoms with Gasteiger partial charge in [0.15, 0.2) is 0 Å². The molecule has 0 aliphatic carbocycles. The van der Waals surface area contributed by atoms with Crippen LogP contribution in [0.15, 0.2) is 39.8 Å². The first kappa shape index (κ1) is 15.6. The van der Waals surface area contributed by atoms with E-state index in [1.807, 2.05) is 0 Å². The Balaban J connectivity index is 2.05. The van der Waals surface area contributed by atoms with Crippen LogP contribution in [-0.2, 0) is 27.9 Å². The Morgan fingerprint density at radius 2 is 2.19 bits per heavy atom. The third-order valence-electron chi connectivity index (χ3n) is 2.43. The maximum atomic E-state index is 12.1. The molecular weight excluding hydrogens is 364 g/mol. The molecule has 0 aliphatic rings. The monoisotopic (exact) mass is 374 g/mol. The van der Waals surface area contributed by atoms with Gasteiger partial charge >= 0.3 is 5.97 Å². The molecule has 0 spiro atoms. The number of sulfonamides is 1. The Hall–Kier alpha value is -1.78. The minimum atomic E-state index is -3.67. The van der Waals surface area contributed by atoms with Crippen LogP contribution in [0.4, 0.5) is 0 Å². The molecule has 1 heterocycles. The first-order chi connectivity index (χ1) is 9.87. The van der Waals surface area contributed by atoms with E-state index in [2.05, 4.69) is 31.0 Å². The molecule has 21 heavy (non-hydrogen) atoms. The number of carboxylic acid groups (broad SMARTS) is 1. The normalized spacial score (nSPS) is 11.5. The van der Waals surface area contributed by atoms with Crippen LogP contribution in [0, 0.1) is 0 Å². The average Bonchev–Trinajstić information content (AvgIpc) is 2.83. The van der Waals surface area contributed by atoms with Crippen LogP contribution in [0.3, 0.4) is 0 Å². The highest BCUT2D eigenvalue weighted by atomic mass is 79.9. The van der Waals surface area contributed by atoms with Gasteiger partial charge in [-0.25, -0.2) is 17.8 Å². The van der Waals surface area contributed by atoms with Gasteiger partial charge in [0.2, 0.25) is 10.0 Å². The van der Waals surface area contributed by atoms with Gasteiger partial charge in [-0.1, -0.05) is 27.2 Å². The van der Waals surface area contributed by atoms with Crippen LogP contribution in [0.5, 0.6) is 0 Å². The zero-order valence-electron chi connectivity index (χ0n) is 10.6. The van der Waals surface area contributed by atoms with Crippen molar-refractivity contribution in [1.29, 1.82) is 0 Å². The Kier molecular flexibility index (Phi) is 4.70. The summed E-state index contributed by atoms with van der Waals surface area (Å²) in [5, 5.41) is 15.9. The molecule has 0 saturated heterocycles. The van der Waals surface area contributed by atoms with Gasteiger partial charge in [-0.2, -0.15) is 0 Å².